The second-order valence-electron chi connectivity index (χ2n) is 5.36. The third kappa shape index (κ3) is 4.30. The quantitative estimate of drug-likeness (QED) is 0.467. The molecule has 6 nitrogen and oxygen atoms in total. The van der Waals surface area contributed by atoms with Crippen molar-refractivity contribution >= 4 is 35.6 Å². The lowest BCUT2D eigenvalue weighted by Gasteiger charge is -2.37. The summed E-state index contributed by atoms with van der Waals surface area (Å²) in [6, 6.07) is 6.26. The van der Waals surface area contributed by atoms with Gasteiger partial charge in [-0.05, 0) is 35.7 Å². The largest absolute Gasteiger partial charge is 0.478 e. The van der Waals surface area contributed by atoms with Crippen LogP contribution in [0.5, 0.6) is 0 Å². The number of piperidine rings is 1. The minimum atomic E-state index is -1.08. The zero-order valence-electron chi connectivity index (χ0n) is 13.0. The van der Waals surface area contributed by atoms with Crippen LogP contribution in [0.15, 0.2) is 35.9 Å². The summed E-state index contributed by atoms with van der Waals surface area (Å²) in [5.74, 6) is -1.55. The number of ether oxygens (including phenoxy) is 1. The van der Waals surface area contributed by atoms with Crippen LogP contribution in [-0.2, 0) is 14.3 Å². The van der Waals surface area contributed by atoms with Gasteiger partial charge in [0.2, 0.25) is 0 Å². The normalized spacial score (nSPS) is 21.5. The van der Waals surface area contributed by atoms with Gasteiger partial charge in [0.05, 0.1) is 12.4 Å². The fraction of sp³-hybridized carbons (Fsp3) is 0.375. The Labute approximate surface area is 149 Å². The fourth-order valence-corrected chi connectivity index (χ4v) is 3.53. The maximum absolute atomic E-state index is 12.3. The maximum Gasteiger partial charge on any atom is 0.328 e. The average molecular weight is 372 g/mol. The molecule has 1 aliphatic heterocycles. The van der Waals surface area contributed by atoms with Crippen LogP contribution in [0, 0.1) is 0 Å². The molecule has 2 N–H and O–H groups in total. The van der Waals surface area contributed by atoms with Gasteiger partial charge in [-0.25, -0.2) is 9.59 Å². The first-order valence-electron chi connectivity index (χ1n) is 7.27. The summed E-state index contributed by atoms with van der Waals surface area (Å²) >= 11 is 6.85. The highest BCUT2D eigenvalue weighted by Gasteiger charge is 2.35. The van der Waals surface area contributed by atoms with Gasteiger partial charge in [-0.3, -0.25) is 4.90 Å². The van der Waals surface area contributed by atoms with Crippen molar-refractivity contribution < 1.29 is 24.0 Å². The molecule has 8 heteroatoms. The number of hydrogen-bond donors (Lipinski definition) is 2. The number of aliphatic carboxylic acids is 1. The standard InChI is InChI=1S/C16H18ClNO5S/c1-23-16(21)15(11-4-2-3-5-12(11)17)18-7-6-13(24-22)10(9-18)8-14(19)20/h2-5,8,13,15,22H,6-7,9H2,1H3,(H,19,20)/b10-8-. The van der Waals surface area contributed by atoms with Gasteiger partial charge >= 0.3 is 11.9 Å². The highest BCUT2D eigenvalue weighted by molar-refractivity contribution is 7.94. The van der Waals surface area contributed by atoms with Crippen LogP contribution in [0.2, 0.25) is 5.02 Å². The number of likely N-dealkylation sites (tertiary alicyclic amines) is 1. The first-order valence-corrected chi connectivity index (χ1v) is 8.49. The summed E-state index contributed by atoms with van der Waals surface area (Å²) in [5, 5.41) is 9.16. The van der Waals surface area contributed by atoms with Gasteiger partial charge < -0.3 is 14.4 Å². The van der Waals surface area contributed by atoms with Gasteiger partial charge in [-0.2, -0.15) is 0 Å². The van der Waals surface area contributed by atoms with Crippen LogP contribution in [0.3, 0.4) is 0 Å². The number of benzene rings is 1. The second kappa shape index (κ2) is 8.53. The van der Waals surface area contributed by atoms with Crippen LogP contribution in [-0.4, -0.2) is 51.9 Å². The molecule has 0 amide bonds. The molecule has 2 rings (SSSR count). The highest BCUT2D eigenvalue weighted by Crippen LogP contribution is 2.34. The van der Waals surface area contributed by atoms with E-state index in [1.807, 2.05) is 4.90 Å². The predicted octanol–water partition coefficient (Wildman–Crippen LogP) is 2.85. The molecule has 1 heterocycles. The molecule has 0 saturated carbocycles. The van der Waals surface area contributed by atoms with Crippen molar-refractivity contribution in [2.75, 3.05) is 20.2 Å². The average Bonchev–Trinajstić information content (AvgIpc) is 2.56. The topological polar surface area (TPSA) is 87.1 Å². The Morgan fingerprint density at radius 1 is 1.46 bits per heavy atom. The minimum absolute atomic E-state index is 0.232. The predicted molar refractivity (Wildman–Crippen MR) is 92.1 cm³/mol. The van der Waals surface area contributed by atoms with E-state index in [9.17, 15) is 14.1 Å². The Hall–Kier alpha value is -1.54. The van der Waals surface area contributed by atoms with Crippen molar-refractivity contribution in [3.8, 4) is 0 Å². The van der Waals surface area contributed by atoms with E-state index in [2.05, 4.69) is 0 Å². The lowest BCUT2D eigenvalue weighted by molar-refractivity contribution is -0.147. The Morgan fingerprint density at radius 2 is 2.17 bits per heavy atom. The molecule has 2 atom stereocenters. The Morgan fingerprint density at radius 3 is 2.75 bits per heavy atom. The number of rotatable bonds is 5. The van der Waals surface area contributed by atoms with E-state index in [4.69, 9.17) is 21.4 Å². The van der Waals surface area contributed by atoms with Gasteiger partial charge in [0, 0.05) is 24.2 Å². The third-order valence-corrected chi connectivity index (χ3v) is 5.04. The van der Waals surface area contributed by atoms with Gasteiger partial charge in [0.15, 0.2) is 0 Å². The molecule has 1 aromatic carbocycles. The second-order valence-corrected chi connectivity index (χ2v) is 6.54. The first kappa shape index (κ1) is 18.8. The van der Waals surface area contributed by atoms with Crippen molar-refractivity contribution in [2.24, 2.45) is 0 Å². The van der Waals surface area contributed by atoms with Gasteiger partial charge in [0.25, 0.3) is 0 Å². The van der Waals surface area contributed by atoms with Crippen molar-refractivity contribution in [1.29, 1.82) is 0 Å². The maximum atomic E-state index is 12.3. The van der Waals surface area contributed by atoms with E-state index in [0.29, 0.717) is 41.2 Å². The van der Waals surface area contributed by atoms with Crippen molar-refractivity contribution in [3.63, 3.8) is 0 Å². The summed E-state index contributed by atoms with van der Waals surface area (Å²) in [6.45, 7) is 0.732. The van der Waals surface area contributed by atoms with Crippen molar-refractivity contribution in [3.05, 3.63) is 46.5 Å². The molecule has 0 spiro atoms. The fourth-order valence-electron chi connectivity index (χ4n) is 2.80. The number of halogens is 1. The van der Waals surface area contributed by atoms with Crippen LogP contribution in [0.25, 0.3) is 0 Å². The Kier molecular flexibility index (Phi) is 6.68. The number of hydrogen-bond acceptors (Lipinski definition) is 6. The molecule has 1 saturated heterocycles. The smallest absolute Gasteiger partial charge is 0.328 e. The number of carbonyl (C=O) groups is 2. The Balaban J connectivity index is 2.36. The summed E-state index contributed by atoms with van der Waals surface area (Å²) < 4.78 is 14.3. The molecule has 0 bridgehead atoms. The number of carboxylic acids is 1. The number of carbonyl (C=O) groups excluding carboxylic acids is 1. The summed E-state index contributed by atoms with van der Waals surface area (Å²) in [4.78, 5) is 25.2. The SMILES string of the molecule is COC(=O)C(c1ccccc1Cl)N1CCC(SO)/C(=C\C(=O)O)C1. The zero-order chi connectivity index (χ0) is 17.7. The third-order valence-electron chi connectivity index (χ3n) is 3.90. The zero-order valence-corrected chi connectivity index (χ0v) is 14.6. The molecule has 0 aromatic heterocycles. The van der Waals surface area contributed by atoms with Crippen LogP contribution < -0.4 is 0 Å². The molecular weight excluding hydrogens is 354 g/mol. The van der Waals surface area contributed by atoms with E-state index in [1.165, 1.54) is 7.11 Å². The van der Waals surface area contributed by atoms with E-state index < -0.39 is 18.0 Å². The molecule has 0 radical (unpaired) electrons. The molecule has 130 valence electrons. The first-order chi connectivity index (χ1) is 11.5. The molecule has 0 aliphatic carbocycles. The van der Waals surface area contributed by atoms with E-state index >= 15 is 0 Å². The van der Waals surface area contributed by atoms with Crippen LogP contribution in [0.4, 0.5) is 0 Å². The summed E-state index contributed by atoms with van der Waals surface area (Å²) in [5.41, 5.74) is 1.15. The van der Waals surface area contributed by atoms with E-state index in [0.717, 1.165) is 6.08 Å². The molecule has 2 unspecified atom stereocenters. The number of esters is 1. The number of nitrogens with zero attached hydrogens (tertiary/aromatic N) is 1. The van der Waals surface area contributed by atoms with Gasteiger partial charge in [-0.15, -0.1) is 0 Å². The van der Waals surface area contributed by atoms with Crippen molar-refractivity contribution in [1.82, 2.24) is 4.90 Å². The molecular formula is C16H18ClNO5S. The lowest BCUT2D eigenvalue weighted by atomic mass is 9.98. The van der Waals surface area contributed by atoms with E-state index in [-0.39, 0.29) is 11.8 Å². The summed E-state index contributed by atoms with van der Waals surface area (Å²) in [7, 11) is 1.30. The highest BCUT2D eigenvalue weighted by atomic mass is 35.5. The molecule has 1 fully saturated rings. The monoisotopic (exact) mass is 371 g/mol. The van der Waals surface area contributed by atoms with Crippen LogP contribution >= 0.6 is 23.6 Å². The van der Waals surface area contributed by atoms with Crippen LogP contribution in [0.1, 0.15) is 18.0 Å². The Bertz CT molecular complexity index is 651. The number of carboxylic acid groups (broad SMARTS) is 1. The minimum Gasteiger partial charge on any atom is -0.478 e. The van der Waals surface area contributed by atoms with Crippen molar-refractivity contribution in [2.45, 2.75) is 17.7 Å². The van der Waals surface area contributed by atoms with E-state index in [1.54, 1.807) is 24.3 Å². The molecule has 1 aliphatic rings. The number of methoxy groups -OCH3 is 1. The van der Waals surface area contributed by atoms with Gasteiger partial charge in [-0.1, -0.05) is 29.8 Å². The lowest BCUT2D eigenvalue weighted by Crippen LogP contribution is -2.43. The molecule has 1 aromatic rings. The molecule has 24 heavy (non-hydrogen) atoms. The summed E-state index contributed by atoms with van der Waals surface area (Å²) in [6.07, 6.45) is 1.60. The van der Waals surface area contributed by atoms with Gasteiger partial charge in [0.1, 0.15) is 6.04 Å².